The third-order valence-corrected chi connectivity index (χ3v) is 3.60. The van der Waals surface area contributed by atoms with Crippen molar-refractivity contribution in [1.82, 2.24) is 5.32 Å². The van der Waals surface area contributed by atoms with E-state index in [4.69, 9.17) is 5.26 Å². The molecule has 1 aromatic rings. The van der Waals surface area contributed by atoms with Gasteiger partial charge in [0.15, 0.2) is 0 Å². The van der Waals surface area contributed by atoms with Gasteiger partial charge in [-0.3, -0.25) is 0 Å². The lowest BCUT2D eigenvalue weighted by molar-refractivity contribution is 0.378. The molecule has 1 fully saturated rings. The standard InChI is InChI=1S/C15H21N3/c1-2-18(12-14-6-4-8-17-11-14)15-7-3-5-13(9-15)10-16/h3,5,7,9,14,17H,2,4,6,8,11-12H2,1H3. The maximum absolute atomic E-state index is 8.96. The molecule has 3 nitrogen and oxygen atoms in total. The second kappa shape index (κ2) is 6.42. The second-order valence-corrected chi connectivity index (χ2v) is 4.91. The minimum absolute atomic E-state index is 0.726. The zero-order valence-corrected chi connectivity index (χ0v) is 11.0. The van der Waals surface area contributed by atoms with Gasteiger partial charge in [-0.25, -0.2) is 0 Å². The largest absolute Gasteiger partial charge is 0.371 e. The molecule has 1 atom stereocenters. The summed E-state index contributed by atoms with van der Waals surface area (Å²) in [6.45, 7) is 6.53. The Balaban J connectivity index is 2.05. The lowest BCUT2D eigenvalue weighted by Gasteiger charge is -2.31. The Hall–Kier alpha value is -1.53. The summed E-state index contributed by atoms with van der Waals surface area (Å²) in [6, 6.07) is 10.1. The molecular formula is C15H21N3. The van der Waals surface area contributed by atoms with Crippen molar-refractivity contribution in [2.75, 3.05) is 31.1 Å². The van der Waals surface area contributed by atoms with Crippen LogP contribution in [0.5, 0.6) is 0 Å². The van der Waals surface area contributed by atoms with E-state index in [0.29, 0.717) is 0 Å². The zero-order chi connectivity index (χ0) is 12.8. The Morgan fingerprint density at radius 2 is 2.39 bits per heavy atom. The number of benzene rings is 1. The number of nitriles is 1. The van der Waals surface area contributed by atoms with Crippen molar-refractivity contribution in [3.8, 4) is 6.07 Å². The minimum Gasteiger partial charge on any atom is -0.371 e. The Morgan fingerprint density at radius 3 is 3.06 bits per heavy atom. The first kappa shape index (κ1) is 12.9. The number of rotatable bonds is 4. The summed E-state index contributed by atoms with van der Waals surface area (Å²) in [4.78, 5) is 2.37. The fourth-order valence-corrected chi connectivity index (χ4v) is 2.58. The molecule has 96 valence electrons. The van der Waals surface area contributed by atoms with Gasteiger partial charge in [-0.1, -0.05) is 6.07 Å². The van der Waals surface area contributed by atoms with E-state index in [-0.39, 0.29) is 0 Å². The number of hydrogen-bond donors (Lipinski definition) is 1. The maximum atomic E-state index is 8.96. The number of nitrogens with zero attached hydrogens (tertiary/aromatic N) is 2. The van der Waals surface area contributed by atoms with E-state index < -0.39 is 0 Å². The summed E-state index contributed by atoms with van der Waals surface area (Å²) in [7, 11) is 0. The molecule has 18 heavy (non-hydrogen) atoms. The summed E-state index contributed by atoms with van der Waals surface area (Å²) in [5, 5.41) is 12.4. The average molecular weight is 243 g/mol. The maximum Gasteiger partial charge on any atom is 0.0992 e. The highest BCUT2D eigenvalue weighted by Gasteiger charge is 2.16. The molecule has 1 N–H and O–H groups in total. The van der Waals surface area contributed by atoms with Crippen LogP contribution in [0.1, 0.15) is 25.3 Å². The SMILES string of the molecule is CCN(CC1CCCNC1)c1cccc(C#N)c1. The highest BCUT2D eigenvalue weighted by molar-refractivity contribution is 5.51. The molecule has 1 saturated heterocycles. The molecule has 1 unspecified atom stereocenters. The Morgan fingerprint density at radius 1 is 1.50 bits per heavy atom. The normalized spacial score (nSPS) is 19.2. The van der Waals surface area contributed by atoms with Crippen LogP contribution in [0.2, 0.25) is 0 Å². The zero-order valence-electron chi connectivity index (χ0n) is 11.0. The van der Waals surface area contributed by atoms with Gasteiger partial charge in [-0.05, 0) is 57.0 Å². The van der Waals surface area contributed by atoms with Crippen molar-refractivity contribution in [1.29, 1.82) is 5.26 Å². The van der Waals surface area contributed by atoms with Gasteiger partial charge in [0.2, 0.25) is 0 Å². The van der Waals surface area contributed by atoms with Crippen LogP contribution >= 0.6 is 0 Å². The second-order valence-electron chi connectivity index (χ2n) is 4.91. The third kappa shape index (κ3) is 3.24. The number of piperidine rings is 1. The summed E-state index contributed by atoms with van der Waals surface area (Å²) in [6.07, 6.45) is 2.59. The van der Waals surface area contributed by atoms with E-state index in [0.717, 1.165) is 37.7 Å². The van der Waals surface area contributed by atoms with Crippen LogP contribution < -0.4 is 10.2 Å². The van der Waals surface area contributed by atoms with Gasteiger partial charge in [0.1, 0.15) is 0 Å². The lowest BCUT2D eigenvalue weighted by atomic mass is 9.98. The number of hydrogen-bond acceptors (Lipinski definition) is 3. The molecule has 0 aromatic heterocycles. The fraction of sp³-hybridized carbons (Fsp3) is 0.533. The van der Waals surface area contributed by atoms with Crippen molar-refractivity contribution in [3.05, 3.63) is 29.8 Å². The Kier molecular flexibility index (Phi) is 4.60. The quantitative estimate of drug-likeness (QED) is 0.882. The van der Waals surface area contributed by atoms with Gasteiger partial charge in [0, 0.05) is 18.8 Å². The molecule has 0 radical (unpaired) electrons. The molecule has 1 aromatic carbocycles. The fourth-order valence-electron chi connectivity index (χ4n) is 2.58. The lowest BCUT2D eigenvalue weighted by Crippen LogP contribution is -2.38. The molecule has 0 spiro atoms. The topological polar surface area (TPSA) is 39.1 Å². The first-order chi connectivity index (χ1) is 8.83. The van der Waals surface area contributed by atoms with Gasteiger partial charge >= 0.3 is 0 Å². The summed E-state index contributed by atoms with van der Waals surface area (Å²) in [5.41, 5.74) is 1.91. The molecule has 1 aliphatic rings. The van der Waals surface area contributed by atoms with Gasteiger partial charge in [-0.15, -0.1) is 0 Å². The van der Waals surface area contributed by atoms with E-state index in [9.17, 15) is 0 Å². The van der Waals surface area contributed by atoms with Crippen LogP contribution in [-0.4, -0.2) is 26.2 Å². The summed E-state index contributed by atoms with van der Waals surface area (Å²) < 4.78 is 0. The Bertz CT molecular complexity index is 416. The van der Waals surface area contributed by atoms with Gasteiger partial charge in [0.05, 0.1) is 11.6 Å². The molecule has 0 bridgehead atoms. The highest BCUT2D eigenvalue weighted by atomic mass is 15.1. The average Bonchev–Trinajstić information content (AvgIpc) is 2.46. The van der Waals surface area contributed by atoms with Crippen LogP contribution in [0.3, 0.4) is 0 Å². The van der Waals surface area contributed by atoms with Crippen molar-refractivity contribution in [3.63, 3.8) is 0 Å². The van der Waals surface area contributed by atoms with E-state index >= 15 is 0 Å². The molecule has 3 heteroatoms. The predicted molar refractivity (Wildman–Crippen MR) is 74.6 cm³/mol. The van der Waals surface area contributed by atoms with Gasteiger partial charge in [0.25, 0.3) is 0 Å². The monoisotopic (exact) mass is 243 g/mol. The summed E-state index contributed by atoms with van der Waals surface area (Å²) >= 11 is 0. The van der Waals surface area contributed by atoms with Crippen LogP contribution in [0, 0.1) is 17.2 Å². The molecular weight excluding hydrogens is 222 g/mol. The highest BCUT2D eigenvalue weighted by Crippen LogP contribution is 2.19. The molecule has 1 aliphatic heterocycles. The van der Waals surface area contributed by atoms with Gasteiger partial charge < -0.3 is 10.2 Å². The first-order valence-electron chi connectivity index (χ1n) is 6.79. The smallest absolute Gasteiger partial charge is 0.0992 e. The van der Waals surface area contributed by atoms with Crippen LogP contribution in [0.4, 0.5) is 5.69 Å². The van der Waals surface area contributed by atoms with Crippen molar-refractivity contribution in [2.45, 2.75) is 19.8 Å². The molecule has 0 aliphatic carbocycles. The van der Waals surface area contributed by atoms with E-state index in [2.05, 4.69) is 29.3 Å². The number of nitrogens with one attached hydrogen (secondary N) is 1. The van der Waals surface area contributed by atoms with Crippen molar-refractivity contribution >= 4 is 5.69 Å². The van der Waals surface area contributed by atoms with Gasteiger partial charge in [-0.2, -0.15) is 5.26 Å². The van der Waals surface area contributed by atoms with Crippen LogP contribution in [0.25, 0.3) is 0 Å². The van der Waals surface area contributed by atoms with Crippen molar-refractivity contribution in [2.24, 2.45) is 5.92 Å². The van der Waals surface area contributed by atoms with Crippen LogP contribution in [-0.2, 0) is 0 Å². The number of anilines is 1. The predicted octanol–water partition coefficient (Wildman–Crippen LogP) is 2.38. The first-order valence-corrected chi connectivity index (χ1v) is 6.79. The van der Waals surface area contributed by atoms with Crippen molar-refractivity contribution < 1.29 is 0 Å². The minimum atomic E-state index is 0.726. The van der Waals surface area contributed by atoms with E-state index in [1.165, 1.54) is 18.5 Å². The third-order valence-electron chi connectivity index (χ3n) is 3.60. The molecule has 0 amide bonds. The Labute approximate surface area is 109 Å². The molecule has 0 saturated carbocycles. The summed E-state index contributed by atoms with van der Waals surface area (Å²) in [5.74, 6) is 0.726. The van der Waals surface area contributed by atoms with E-state index in [1.807, 2.05) is 18.2 Å². The van der Waals surface area contributed by atoms with E-state index in [1.54, 1.807) is 0 Å². The van der Waals surface area contributed by atoms with Crippen LogP contribution in [0.15, 0.2) is 24.3 Å². The molecule has 1 heterocycles. The molecule has 2 rings (SSSR count).